The van der Waals surface area contributed by atoms with Crippen molar-refractivity contribution in [1.82, 2.24) is 4.90 Å². The smallest absolute Gasteiger partial charge is 0.410 e. The molecule has 32 heavy (non-hydrogen) atoms. The zero-order chi connectivity index (χ0) is 22.7. The molecule has 3 aliphatic heterocycles. The molecule has 0 saturated carbocycles. The fraction of sp³-hybridized carbons (Fsp3) is 0.458. The van der Waals surface area contributed by atoms with E-state index in [9.17, 15) is 13.2 Å². The first-order valence-corrected chi connectivity index (χ1v) is 12.4. The van der Waals surface area contributed by atoms with E-state index < -0.39 is 32.8 Å². The molecule has 2 fully saturated rings. The van der Waals surface area contributed by atoms with E-state index in [1.165, 1.54) is 0 Å². The Morgan fingerprint density at radius 3 is 2.41 bits per heavy atom. The highest BCUT2D eigenvalue weighted by Gasteiger charge is 2.61. The summed E-state index contributed by atoms with van der Waals surface area (Å²) >= 11 is 0. The number of nitrogens with zero attached hydrogens (tertiary/aromatic N) is 1. The molecular formula is C24H27NO6S. The number of benzene rings is 2. The number of carbonyl (C=O) groups excluding carboxylic acids is 1. The number of fused-ring (bicyclic) bond motifs is 3. The Hall–Kier alpha value is -2.74. The molecule has 0 N–H and O–H groups in total. The third-order valence-corrected chi connectivity index (χ3v) is 8.69. The molecule has 7 nitrogen and oxygen atoms in total. The van der Waals surface area contributed by atoms with Crippen LogP contribution in [0.15, 0.2) is 53.4 Å². The SMILES string of the molecule is CC(C)(C)OC(=O)N1C2CCC1C(S(=O)(=O)c1ccccc1)C2c1ccc2c(c1)OCO2. The van der Waals surface area contributed by atoms with Gasteiger partial charge in [0.25, 0.3) is 0 Å². The highest BCUT2D eigenvalue weighted by atomic mass is 32.2. The minimum Gasteiger partial charge on any atom is -0.454 e. The fourth-order valence-corrected chi connectivity index (χ4v) is 7.54. The predicted molar refractivity (Wildman–Crippen MR) is 118 cm³/mol. The van der Waals surface area contributed by atoms with Crippen LogP contribution < -0.4 is 9.47 Å². The molecule has 2 saturated heterocycles. The maximum absolute atomic E-state index is 13.9. The molecule has 0 aromatic heterocycles. The summed E-state index contributed by atoms with van der Waals surface area (Å²) in [4.78, 5) is 15.1. The summed E-state index contributed by atoms with van der Waals surface area (Å²) < 4.78 is 44.4. The topological polar surface area (TPSA) is 82.1 Å². The molecule has 0 spiro atoms. The van der Waals surface area contributed by atoms with Crippen LogP contribution in [-0.4, -0.2) is 49.1 Å². The molecule has 170 valence electrons. The first-order valence-electron chi connectivity index (χ1n) is 10.9. The molecule has 0 radical (unpaired) electrons. The molecule has 2 aromatic rings. The zero-order valence-electron chi connectivity index (χ0n) is 18.4. The lowest BCUT2D eigenvalue weighted by Gasteiger charge is -2.29. The van der Waals surface area contributed by atoms with Gasteiger partial charge in [-0.25, -0.2) is 13.2 Å². The van der Waals surface area contributed by atoms with Crippen molar-refractivity contribution in [1.29, 1.82) is 0 Å². The lowest BCUT2D eigenvalue weighted by atomic mass is 9.83. The third kappa shape index (κ3) is 3.41. The number of hydrogen-bond donors (Lipinski definition) is 0. The van der Waals surface area contributed by atoms with Gasteiger partial charge in [-0.05, 0) is 63.4 Å². The molecule has 0 aliphatic carbocycles. The van der Waals surface area contributed by atoms with Crippen molar-refractivity contribution in [2.24, 2.45) is 0 Å². The summed E-state index contributed by atoms with van der Waals surface area (Å²) in [5, 5.41) is -0.767. The highest BCUT2D eigenvalue weighted by Crippen LogP contribution is 2.52. The van der Waals surface area contributed by atoms with Crippen LogP contribution in [0, 0.1) is 0 Å². The highest BCUT2D eigenvalue weighted by molar-refractivity contribution is 7.92. The molecule has 5 rings (SSSR count). The Morgan fingerprint density at radius 1 is 1.00 bits per heavy atom. The summed E-state index contributed by atoms with van der Waals surface area (Å²) in [5.41, 5.74) is 0.167. The summed E-state index contributed by atoms with van der Waals surface area (Å²) in [5.74, 6) is 0.856. The molecule has 2 aromatic carbocycles. The van der Waals surface area contributed by atoms with Crippen molar-refractivity contribution >= 4 is 15.9 Å². The lowest BCUT2D eigenvalue weighted by molar-refractivity contribution is 0.0213. The predicted octanol–water partition coefficient (Wildman–Crippen LogP) is 4.12. The molecule has 3 aliphatic rings. The minimum absolute atomic E-state index is 0.144. The molecule has 4 unspecified atom stereocenters. The van der Waals surface area contributed by atoms with Crippen LogP contribution in [0.4, 0.5) is 4.79 Å². The summed E-state index contributed by atoms with van der Waals surface area (Å²) in [6.07, 6.45) is 0.896. The van der Waals surface area contributed by atoms with E-state index in [4.69, 9.17) is 14.2 Å². The average molecular weight is 458 g/mol. The van der Waals surface area contributed by atoms with E-state index in [1.807, 2.05) is 39.0 Å². The summed E-state index contributed by atoms with van der Waals surface area (Å²) in [6.45, 7) is 5.59. The number of sulfone groups is 1. The van der Waals surface area contributed by atoms with Crippen LogP contribution in [-0.2, 0) is 14.6 Å². The van der Waals surface area contributed by atoms with E-state index in [2.05, 4.69) is 0 Å². The van der Waals surface area contributed by atoms with Crippen LogP contribution >= 0.6 is 0 Å². The molecular weight excluding hydrogens is 430 g/mol. The monoisotopic (exact) mass is 457 g/mol. The second-order valence-corrected chi connectivity index (χ2v) is 11.7. The van der Waals surface area contributed by atoms with E-state index in [-0.39, 0.29) is 23.6 Å². The minimum atomic E-state index is -3.71. The number of hydrogen-bond acceptors (Lipinski definition) is 6. The Bertz CT molecular complexity index is 1140. The first kappa shape index (κ1) is 21.1. The number of ether oxygens (including phenoxy) is 3. The van der Waals surface area contributed by atoms with Crippen LogP contribution in [0.1, 0.15) is 45.1 Å². The van der Waals surface area contributed by atoms with Crippen molar-refractivity contribution in [2.75, 3.05) is 6.79 Å². The summed E-state index contributed by atoms with van der Waals surface area (Å²) in [6, 6.07) is 13.3. The second kappa shape index (κ2) is 7.40. The third-order valence-electron chi connectivity index (χ3n) is 6.44. The van der Waals surface area contributed by atoms with Crippen molar-refractivity contribution in [3.63, 3.8) is 0 Å². The van der Waals surface area contributed by atoms with Gasteiger partial charge in [0, 0.05) is 12.0 Å². The molecule has 3 heterocycles. The maximum Gasteiger partial charge on any atom is 0.410 e. The van der Waals surface area contributed by atoms with Crippen LogP contribution in [0.25, 0.3) is 0 Å². The van der Waals surface area contributed by atoms with Crippen molar-refractivity contribution in [3.8, 4) is 11.5 Å². The number of amides is 1. The zero-order valence-corrected chi connectivity index (χ0v) is 19.2. The van der Waals surface area contributed by atoms with Gasteiger partial charge in [0.2, 0.25) is 6.79 Å². The largest absolute Gasteiger partial charge is 0.454 e. The van der Waals surface area contributed by atoms with E-state index >= 15 is 0 Å². The lowest BCUT2D eigenvalue weighted by Crippen LogP contribution is -2.42. The standard InChI is InChI=1S/C24H27NO6S/c1-24(2,3)31-23(26)25-17-10-11-18(25)22(32(27,28)16-7-5-4-6-8-16)21(17)15-9-12-19-20(13-15)30-14-29-19/h4-9,12-13,17-18,21-22H,10-11,14H2,1-3H3. The van der Waals surface area contributed by atoms with E-state index in [1.54, 1.807) is 35.2 Å². The van der Waals surface area contributed by atoms with Gasteiger partial charge in [0.15, 0.2) is 21.3 Å². The normalized spacial score (nSPS) is 26.4. The van der Waals surface area contributed by atoms with Crippen LogP contribution in [0.5, 0.6) is 11.5 Å². The van der Waals surface area contributed by atoms with Crippen LogP contribution in [0.3, 0.4) is 0 Å². The Kier molecular flexibility index (Phi) is 4.89. The molecule has 2 bridgehead atoms. The van der Waals surface area contributed by atoms with Gasteiger partial charge in [-0.15, -0.1) is 0 Å². The fourth-order valence-electron chi connectivity index (χ4n) is 5.28. The van der Waals surface area contributed by atoms with E-state index in [0.29, 0.717) is 17.9 Å². The Balaban J connectivity index is 1.60. The second-order valence-electron chi connectivity index (χ2n) is 9.56. The average Bonchev–Trinajstić information content (AvgIpc) is 3.45. The molecule has 8 heteroatoms. The Labute approximate surface area is 188 Å². The molecule has 4 atom stereocenters. The van der Waals surface area contributed by atoms with Gasteiger partial charge < -0.3 is 19.1 Å². The summed E-state index contributed by atoms with van der Waals surface area (Å²) in [7, 11) is -3.71. The van der Waals surface area contributed by atoms with Gasteiger partial charge in [0.05, 0.1) is 16.2 Å². The van der Waals surface area contributed by atoms with Crippen molar-refractivity contribution < 1.29 is 27.4 Å². The first-order chi connectivity index (χ1) is 15.2. The van der Waals surface area contributed by atoms with Crippen LogP contribution in [0.2, 0.25) is 0 Å². The van der Waals surface area contributed by atoms with Crippen molar-refractivity contribution in [2.45, 2.75) is 67.4 Å². The molecule has 1 amide bonds. The van der Waals surface area contributed by atoms with Crippen molar-refractivity contribution in [3.05, 3.63) is 54.1 Å². The van der Waals surface area contributed by atoms with Gasteiger partial charge in [-0.2, -0.15) is 0 Å². The van der Waals surface area contributed by atoms with Gasteiger partial charge in [-0.3, -0.25) is 0 Å². The van der Waals surface area contributed by atoms with E-state index in [0.717, 1.165) is 12.0 Å². The number of carbonyl (C=O) groups is 1. The van der Waals surface area contributed by atoms with Gasteiger partial charge >= 0.3 is 6.09 Å². The maximum atomic E-state index is 13.9. The van der Waals surface area contributed by atoms with Gasteiger partial charge in [-0.1, -0.05) is 24.3 Å². The number of rotatable bonds is 3. The van der Waals surface area contributed by atoms with Gasteiger partial charge in [0.1, 0.15) is 5.60 Å². The quantitative estimate of drug-likeness (QED) is 0.690. The Morgan fingerprint density at radius 2 is 1.69 bits per heavy atom.